The van der Waals surface area contributed by atoms with Gasteiger partial charge in [0.2, 0.25) is 0 Å². The van der Waals surface area contributed by atoms with Crippen LogP contribution in [0.25, 0.3) is 0 Å². The van der Waals surface area contributed by atoms with Crippen molar-refractivity contribution in [3.8, 4) is 5.75 Å². The van der Waals surface area contributed by atoms with Gasteiger partial charge in [-0.25, -0.2) is 0 Å². The molecule has 1 aromatic carbocycles. The first-order valence-electron chi connectivity index (χ1n) is 7.53. The fourth-order valence-electron chi connectivity index (χ4n) is 2.39. The third-order valence-electron chi connectivity index (χ3n) is 3.65. The van der Waals surface area contributed by atoms with Crippen molar-refractivity contribution in [2.24, 2.45) is 0 Å². The minimum absolute atomic E-state index is 0. The van der Waals surface area contributed by atoms with Crippen LogP contribution in [0, 0.1) is 0 Å². The maximum Gasteiger partial charge on any atom is 0.405 e. The van der Waals surface area contributed by atoms with Crippen LogP contribution in [0.15, 0.2) is 24.3 Å². The number of carbonyl (C=O) groups excluding carboxylic acids is 1. The number of nitrogens with zero attached hydrogens (tertiary/aromatic N) is 1. The normalized spacial score (nSPS) is 16.6. The second-order valence-corrected chi connectivity index (χ2v) is 5.83. The molecule has 1 fully saturated rings. The summed E-state index contributed by atoms with van der Waals surface area (Å²) in [5.41, 5.74) is 0. The molecule has 2 N–H and O–H groups in total. The molecule has 1 aliphatic heterocycles. The highest BCUT2D eigenvalue weighted by molar-refractivity contribution is 6.30. The molecule has 25 heavy (non-hydrogen) atoms. The van der Waals surface area contributed by atoms with Gasteiger partial charge in [0.05, 0.1) is 0 Å². The van der Waals surface area contributed by atoms with Crippen LogP contribution in [0.3, 0.4) is 0 Å². The van der Waals surface area contributed by atoms with Crippen molar-refractivity contribution in [3.63, 3.8) is 0 Å². The van der Waals surface area contributed by atoms with E-state index in [0.717, 1.165) is 0 Å². The van der Waals surface area contributed by atoms with E-state index < -0.39 is 24.7 Å². The molecule has 0 bridgehead atoms. The van der Waals surface area contributed by atoms with Crippen molar-refractivity contribution >= 4 is 29.9 Å². The maximum atomic E-state index is 13.2. The first-order chi connectivity index (χ1) is 11.4. The second kappa shape index (κ2) is 10.1. The topological polar surface area (TPSA) is 53.6 Å². The quantitative estimate of drug-likeness (QED) is 0.766. The Balaban J connectivity index is 0.00000312. The molecule has 1 aliphatic rings. The van der Waals surface area contributed by atoms with E-state index in [4.69, 9.17) is 16.3 Å². The van der Waals surface area contributed by atoms with Crippen molar-refractivity contribution < 1.29 is 22.7 Å². The lowest BCUT2D eigenvalue weighted by molar-refractivity contribution is -0.184. The molecule has 10 heteroatoms. The molecular formula is C15H20Cl2F3N3O2. The Labute approximate surface area is 155 Å². The van der Waals surface area contributed by atoms with Gasteiger partial charge in [0.15, 0.2) is 6.61 Å². The highest BCUT2D eigenvalue weighted by Gasteiger charge is 2.43. The van der Waals surface area contributed by atoms with E-state index in [9.17, 15) is 18.0 Å². The number of rotatable bonds is 6. The summed E-state index contributed by atoms with van der Waals surface area (Å²) in [6, 6.07) is 4.65. The lowest BCUT2D eigenvalue weighted by Gasteiger charge is -2.35. The molecule has 2 rings (SSSR count). The highest BCUT2D eigenvalue weighted by atomic mass is 35.5. The van der Waals surface area contributed by atoms with Gasteiger partial charge in [0.1, 0.15) is 11.8 Å². The van der Waals surface area contributed by atoms with E-state index in [0.29, 0.717) is 37.0 Å². The second-order valence-electron chi connectivity index (χ2n) is 5.39. The Hall–Kier alpha value is -1.22. The number of ether oxygens (including phenoxy) is 1. The molecule has 0 saturated carbocycles. The zero-order valence-electron chi connectivity index (χ0n) is 13.3. The predicted octanol–water partition coefficient (Wildman–Crippen LogP) is 2.09. The Bertz CT molecular complexity index is 538. The molecule has 1 atom stereocenters. The van der Waals surface area contributed by atoms with Crippen molar-refractivity contribution in [1.29, 1.82) is 0 Å². The first kappa shape index (κ1) is 21.8. The number of piperazine rings is 1. The SMILES string of the molecule is Cl.O=C(COc1ccc(Cl)cc1)NCC(N1CCNCC1)C(F)(F)F. The van der Waals surface area contributed by atoms with Crippen LogP contribution in [0.1, 0.15) is 0 Å². The van der Waals surface area contributed by atoms with Crippen LogP contribution >= 0.6 is 24.0 Å². The predicted molar refractivity (Wildman–Crippen MR) is 91.5 cm³/mol. The van der Waals surface area contributed by atoms with Crippen LogP contribution in [0.5, 0.6) is 5.75 Å². The Morgan fingerprint density at radius 2 is 1.88 bits per heavy atom. The summed E-state index contributed by atoms with van der Waals surface area (Å²) in [6.45, 7) is 0.739. The van der Waals surface area contributed by atoms with Crippen molar-refractivity contribution in [2.75, 3.05) is 39.3 Å². The van der Waals surface area contributed by atoms with E-state index in [-0.39, 0.29) is 19.0 Å². The lowest BCUT2D eigenvalue weighted by atomic mass is 10.2. The number of carbonyl (C=O) groups is 1. The monoisotopic (exact) mass is 401 g/mol. The van der Waals surface area contributed by atoms with Crippen LogP contribution in [0.4, 0.5) is 13.2 Å². The summed E-state index contributed by atoms with van der Waals surface area (Å²) < 4.78 is 44.8. The Morgan fingerprint density at radius 1 is 1.28 bits per heavy atom. The van der Waals surface area contributed by atoms with Gasteiger partial charge < -0.3 is 15.4 Å². The van der Waals surface area contributed by atoms with E-state index in [1.54, 1.807) is 24.3 Å². The molecule has 0 spiro atoms. The first-order valence-corrected chi connectivity index (χ1v) is 7.90. The molecule has 1 unspecified atom stereocenters. The van der Waals surface area contributed by atoms with Crippen LogP contribution in [-0.4, -0.2) is 62.4 Å². The summed E-state index contributed by atoms with van der Waals surface area (Å²) >= 11 is 5.72. The number of benzene rings is 1. The summed E-state index contributed by atoms with van der Waals surface area (Å²) in [7, 11) is 0. The molecule has 0 aromatic heterocycles. The number of amides is 1. The number of halogens is 5. The number of hydrogen-bond donors (Lipinski definition) is 2. The lowest BCUT2D eigenvalue weighted by Crippen LogP contribution is -2.57. The Morgan fingerprint density at radius 3 is 2.44 bits per heavy atom. The molecule has 0 aliphatic carbocycles. The van der Waals surface area contributed by atoms with Crippen molar-refractivity contribution in [1.82, 2.24) is 15.5 Å². The summed E-state index contributed by atoms with van der Waals surface area (Å²) in [5.74, 6) is -0.182. The number of alkyl halides is 3. The number of nitrogens with one attached hydrogen (secondary N) is 2. The molecule has 1 amide bonds. The Kier molecular flexibility index (Phi) is 8.78. The minimum atomic E-state index is -4.40. The third-order valence-corrected chi connectivity index (χ3v) is 3.90. The van der Waals surface area contributed by atoms with E-state index in [1.165, 1.54) is 4.90 Å². The molecule has 1 aromatic rings. The van der Waals surface area contributed by atoms with Crippen molar-refractivity contribution in [3.05, 3.63) is 29.3 Å². The van der Waals surface area contributed by atoms with Crippen LogP contribution in [0.2, 0.25) is 5.02 Å². The van der Waals surface area contributed by atoms with Gasteiger partial charge in [0, 0.05) is 37.7 Å². The standard InChI is InChI=1S/C15H19ClF3N3O2.ClH/c16-11-1-3-12(4-2-11)24-10-14(23)21-9-13(15(17,18)19)22-7-5-20-6-8-22;/h1-4,13,20H,5-10H2,(H,21,23);1H. The molecular weight excluding hydrogens is 382 g/mol. The van der Waals surface area contributed by atoms with Gasteiger partial charge in [0.25, 0.3) is 5.91 Å². The fourth-order valence-corrected chi connectivity index (χ4v) is 2.51. The van der Waals surface area contributed by atoms with Gasteiger partial charge in [-0.05, 0) is 24.3 Å². The molecule has 1 heterocycles. The van der Waals surface area contributed by atoms with Gasteiger partial charge in [-0.1, -0.05) is 11.6 Å². The van der Waals surface area contributed by atoms with E-state index >= 15 is 0 Å². The van der Waals surface area contributed by atoms with E-state index in [1.807, 2.05) is 0 Å². The van der Waals surface area contributed by atoms with Gasteiger partial charge in [-0.15, -0.1) is 12.4 Å². The zero-order valence-corrected chi connectivity index (χ0v) is 14.9. The van der Waals surface area contributed by atoms with E-state index in [2.05, 4.69) is 10.6 Å². The van der Waals surface area contributed by atoms with Gasteiger partial charge >= 0.3 is 6.18 Å². The summed E-state index contributed by atoms with van der Waals surface area (Å²) in [6.07, 6.45) is -4.40. The summed E-state index contributed by atoms with van der Waals surface area (Å²) in [4.78, 5) is 13.1. The average Bonchev–Trinajstić information content (AvgIpc) is 2.54. The molecule has 142 valence electrons. The minimum Gasteiger partial charge on any atom is -0.484 e. The van der Waals surface area contributed by atoms with Gasteiger partial charge in [-0.3, -0.25) is 9.69 Å². The maximum absolute atomic E-state index is 13.2. The molecule has 5 nitrogen and oxygen atoms in total. The van der Waals surface area contributed by atoms with Gasteiger partial charge in [-0.2, -0.15) is 13.2 Å². The largest absolute Gasteiger partial charge is 0.484 e. The van der Waals surface area contributed by atoms with Crippen LogP contribution < -0.4 is 15.4 Å². The number of hydrogen-bond acceptors (Lipinski definition) is 4. The average molecular weight is 402 g/mol. The molecule has 0 radical (unpaired) electrons. The smallest absolute Gasteiger partial charge is 0.405 e. The van der Waals surface area contributed by atoms with Crippen LogP contribution in [-0.2, 0) is 4.79 Å². The fraction of sp³-hybridized carbons (Fsp3) is 0.533. The molecule has 1 saturated heterocycles. The zero-order chi connectivity index (χ0) is 17.6. The highest BCUT2D eigenvalue weighted by Crippen LogP contribution is 2.24. The summed E-state index contributed by atoms with van der Waals surface area (Å²) in [5, 5.41) is 5.82. The third kappa shape index (κ3) is 7.27. The van der Waals surface area contributed by atoms with Crippen molar-refractivity contribution in [2.45, 2.75) is 12.2 Å².